The zero-order valence-corrected chi connectivity index (χ0v) is 33.5. The highest BCUT2D eigenvalue weighted by molar-refractivity contribution is 7.90. The van der Waals surface area contributed by atoms with Crippen molar-refractivity contribution in [2.24, 2.45) is 17.8 Å². The minimum atomic E-state index is -4.03. The Morgan fingerprint density at radius 2 is 1.91 bits per heavy atom. The van der Waals surface area contributed by atoms with E-state index in [1.807, 2.05) is 42.5 Å². The fourth-order valence-corrected chi connectivity index (χ4v) is 11.5. The lowest BCUT2D eigenvalue weighted by Crippen LogP contribution is -2.54. The van der Waals surface area contributed by atoms with Gasteiger partial charge < -0.3 is 19.7 Å². The number of sulfonamides is 1. The summed E-state index contributed by atoms with van der Waals surface area (Å²) in [4.78, 5) is 32.0. The third-order valence-corrected chi connectivity index (χ3v) is 15.6. The number of anilines is 1. The predicted molar refractivity (Wildman–Crippen MR) is 213 cm³/mol. The number of piperazine rings is 1. The van der Waals surface area contributed by atoms with Crippen LogP contribution in [0.25, 0.3) is 0 Å². The van der Waals surface area contributed by atoms with Crippen molar-refractivity contribution in [3.63, 3.8) is 0 Å². The molecule has 12 heteroatoms. The first kappa shape index (κ1) is 39.3. The van der Waals surface area contributed by atoms with Gasteiger partial charge in [0.15, 0.2) is 6.29 Å². The average molecular weight is 781 g/mol. The van der Waals surface area contributed by atoms with Crippen LogP contribution in [0.1, 0.15) is 85.7 Å². The van der Waals surface area contributed by atoms with E-state index in [0.29, 0.717) is 67.3 Å². The molecule has 1 aliphatic carbocycles. The first-order valence-corrected chi connectivity index (χ1v) is 21.9. The lowest BCUT2D eigenvalue weighted by Gasteiger charge is -2.47. The van der Waals surface area contributed by atoms with Crippen molar-refractivity contribution in [1.82, 2.24) is 14.5 Å². The van der Waals surface area contributed by atoms with Crippen molar-refractivity contribution in [2.45, 2.75) is 94.1 Å². The van der Waals surface area contributed by atoms with E-state index in [1.54, 1.807) is 13.2 Å². The van der Waals surface area contributed by atoms with Gasteiger partial charge in [0, 0.05) is 69.4 Å². The quantitative estimate of drug-likeness (QED) is 0.278. The van der Waals surface area contributed by atoms with Gasteiger partial charge in [-0.3, -0.25) is 14.5 Å². The van der Waals surface area contributed by atoms with Crippen LogP contribution in [-0.2, 0) is 32.6 Å². The minimum absolute atomic E-state index is 0.0336. The number of carbonyl (C=O) groups is 2. The van der Waals surface area contributed by atoms with E-state index < -0.39 is 26.8 Å². The number of nitrogens with zero attached hydrogens (tertiary/aromatic N) is 3. The fraction of sp³-hybridized carbons (Fsp3) is 0.619. The Bertz CT molecular complexity index is 1810. The zero-order valence-electron chi connectivity index (χ0n) is 31.9. The van der Waals surface area contributed by atoms with Gasteiger partial charge in [0.05, 0.1) is 10.9 Å². The summed E-state index contributed by atoms with van der Waals surface area (Å²) in [6.07, 6.45) is 13.4. The van der Waals surface area contributed by atoms with Crippen LogP contribution in [0.5, 0.6) is 5.75 Å². The normalized spacial score (nSPS) is 31.4. The van der Waals surface area contributed by atoms with Gasteiger partial charge in [0.2, 0.25) is 10.0 Å². The largest absolute Gasteiger partial charge is 0.487 e. The average Bonchev–Trinajstić information content (AvgIpc) is 3.20. The molecule has 4 heterocycles. The molecule has 294 valence electrons. The van der Waals surface area contributed by atoms with Crippen molar-refractivity contribution >= 4 is 39.5 Å². The smallest absolute Gasteiger partial charge is 0.267 e. The lowest BCUT2D eigenvalue weighted by atomic mass is 9.64. The standard InChI is InChI=1S/C42H57ClN4O6S/c1-45-41(49)32-12-16-40-39(25-32)47(20-6-4-7-31-24-35(43)13-10-34(31)28-53-40)27-33-11-15-38(33)42(29-48,52-2)18-5-3-8-37(54(45,50)51)14-9-30-17-21-46-22-19-44-26-36(46)23-30/h5,10,12-13,16,18,24-25,29-30,33,36-38,44H,3-4,6-9,11,14-15,17,19-23,26-28H2,1-2H3/b18-5+/t30?,33-,36+,37-,38+,42-/m0/s1. The molecule has 10 nitrogen and oxygen atoms in total. The molecule has 54 heavy (non-hydrogen) atoms. The van der Waals surface area contributed by atoms with Gasteiger partial charge in [-0.05, 0) is 137 Å². The molecule has 2 aromatic carbocycles. The van der Waals surface area contributed by atoms with Gasteiger partial charge in [-0.2, -0.15) is 0 Å². The van der Waals surface area contributed by atoms with Gasteiger partial charge in [-0.1, -0.05) is 23.7 Å². The lowest BCUT2D eigenvalue weighted by molar-refractivity contribution is -0.135. The molecule has 0 aromatic heterocycles. The summed E-state index contributed by atoms with van der Waals surface area (Å²) in [5.41, 5.74) is 2.19. The summed E-state index contributed by atoms with van der Waals surface area (Å²) in [6, 6.07) is 11.7. The van der Waals surface area contributed by atoms with Crippen LogP contribution in [-0.4, -0.2) is 100 Å². The minimum Gasteiger partial charge on any atom is -0.487 e. The number of benzene rings is 2. The van der Waals surface area contributed by atoms with E-state index in [0.717, 1.165) is 105 Å². The Balaban J connectivity index is 1.22. The first-order valence-electron chi connectivity index (χ1n) is 20.1. The van der Waals surface area contributed by atoms with Gasteiger partial charge in [-0.15, -0.1) is 0 Å². The summed E-state index contributed by atoms with van der Waals surface area (Å²) < 4.78 is 42.5. The summed E-state index contributed by atoms with van der Waals surface area (Å²) in [7, 11) is -1.03. The van der Waals surface area contributed by atoms with E-state index >= 15 is 0 Å². The van der Waals surface area contributed by atoms with Crippen LogP contribution in [0.2, 0.25) is 5.02 Å². The first-order chi connectivity index (χ1) is 26.1. The van der Waals surface area contributed by atoms with Crippen molar-refractivity contribution in [3.8, 4) is 5.75 Å². The number of fused-ring (bicyclic) bond motifs is 4. The van der Waals surface area contributed by atoms with Crippen LogP contribution in [0, 0.1) is 17.8 Å². The number of allylic oxidation sites excluding steroid dienone is 1. The Morgan fingerprint density at radius 1 is 1.04 bits per heavy atom. The van der Waals surface area contributed by atoms with Crippen molar-refractivity contribution in [2.75, 3.05) is 58.3 Å². The molecule has 1 unspecified atom stereocenters. The highest BCUT2D eigenvalue weighted by Gasteiger charge is 2.47. The van der Waals surface area contributed by atoms with E-state index in [2.05, 4.69) is 15.1 Å². The molecule has 3 fully saturated rings. The van der Waals surface area contributed by atoms with E-state index in [1.165, 1.54) is 7.05 Å². The summed E-state index contributed by atoms with van der Waals surface area (Å²) >= 11 is 6.39. The number of rotatable bonds is 5. The summed E-state index contributed by atoms with van der Waals surface area (Å²) in [5, 5.41) is 3.47. The molecule has 0 radical (unpaired) electrons. The van der Waals surface area contributed by atoms with E-state index in [9.17, 15) is 18.0 Å². The number of nitrogens with one attached hydrogen (secondary N) is 1. The van der Waals surface area contributed by atoms with Crippen LogP contribution < -0.4 is 15.0 Å². The Hall–Kier alpha value is -2.96. The molecule has 0 spiro atoms. The maximum atomic E-state index is 14.5. The molecular formula is C42H57ClN4O6S. The topological polar surface area (TPSA) is 108 Å². The Labute approximate surface area is 326 Å². The molecule has 1 amide bonds. The number of aldehydes is 1. The number of hydrogen-bond donors (Lipinski definition) is 1. The number of aryl methyl sites for hydroxylation is 1. The van der Waals surface area contributed by atoms with Crippen LogP contribution >= 0.6 is 11.6 Å². The molecule has 2 saturated heterocycles. The Kier molecular flexibility index (Phi) is 12.4. The molecule has 2 bridgehead atoms. The van der Waals surface area contributed by atoms with Gasteiger partial charge in [0.1, 0.15) is 18.0 Å². The van der Waals surface area contributed by atoms with Gasteiger partial charge in [-0.25, -0.2) is 12.7 Å². The second kappa shape index (κ2) is 17.0. The molecule has 6 atom stereocenters. The predicted octanol–water partition coefficient (Wildman–Crippen LogP) is 6.26. The summed E-state index contributed by atoms with van der Waals surface area (Å²) in [6.45, 7) is 5.79. The highest BCUT2D eigenvalue weighted by Crippen LogP contribution is 2.45. The summed E-state index contributed by atoms with van der Waals surface area (Å²) in [5.74, 6) is 0.659. The molecular weight excluding hydrogens is 724 g/mol. The van der Waals surface area contributed by atoms with Crippen molar-refractivity contribution < 1.29 is 27.5 Å². The number of ether oxygens (including phenoxy) is 2. The third-order valence-electron chi connectivity index (χ3n) is 13.1. The highest BCUT2D eigenvalue weighted by atomic mass is 35.5. The molecule has 7 rings (SSSR count). The second-order valence-corrected chi connectivity index (χ2v) is 18.9. The number of amides is 1. The van der Waals surface area contributed by atoms with Gasteiger partial charge >= 0.3 is 0 Å². The fourth-order valence-electron chi connectivity index (χ4n) is 9.63. The number of methoxy groups -OCH3 is 1. The van der Waals surface area contributed by atoms with Crippen molar-refractivity contribution in [3.05, 3.63) is 70.3 Å². The molecule has 1 saturated carbocycles. The third kappa shape index (κ3) is 8.26. The number of halogens is 1. The van der Waals surface area contributed by atoms with Crippen LogP contribution in [0.15, 0.2) is 48.6 Å². The second-order valence-electron chi connectivity index (χ2n) is 16.2. The molecule has 1 N–H and O–H groups in total. The van der Waals surface area contributed by atoms with E-state index in [-0.39, 0.29) is 11.8 Å². The van der Waals surface area contributed by atoms with Crippen LogP contribution in [0.4, 0.5) is 5.69 Å². The number of piperidine rings is 1. The monoisotopic (exact) mass is 780 g/mol. The maximum absolute atomic E-state index is 14.5. The van der Waals surface area contributed by atoms with Crippen molar-refractivity contribution in [1.29, 1.82) is 0 Å². The molecule has 2 aromatic rings. The molecule has 5 aliphatic rings. The zero-order chi connectivity index (χ0) is 37.9. The SMILES string of the molecule is CO[C@]1(C=O)/C=C/CC[C@@H](CCC2CCN3CCNC[C@H]3C2)S(=O)(=O)N(C)C(=O)c2ccc3c(c2)N(CCCCc2cc(Cl)ccc2CO3)C[C@@H]2CC[C@H]21. The maximum Gasteiger partial charge on any atom is 0.267 e. The molecule has 4 aliphatic heterocycles. The van der Waals surface area contributed by atoms with Crippen LogP contribution in [0.3, 0.4) is 0 Å². The number of hydrogen-bond acceptors (Lipinski definition) is 9. The number of carbonyl (C=O) groups excluding carboxylic acids is 2. The Morgan fingerprint density at radius 3 is 2.70 bits per heavy atom. The van der Waals surface area contributed by atoms with E-state index in [4.69, 9.17) is 21.1 Å². The van der Waals surface area contributed by atoms with Gasteiger partial charge in [0.25, 0.3) is 5.91 Å².